The molecule has 0 spiro atoms. The van der Waals surface area contributed by atoms with Gasteiger partial charge in [-0.2, -0.15) is 4.31 Å². The standard InChI is InChI=1S/C22H26N4O4S2/c1-4-26(5-2)32(28,29)19-13-9-17(10-14-19)21(27)23-22-25-24-20(30-22)15-16-7-11-18(12-8-16)31-6-3/h7-14H,4-6,15H2,1-3H3,(H,23,25,27). The van der Waals surface area contributed by atoms with E-state index in [1.165, 1.54) is 33.5 Å². The molecule has 3 aromatic rings. The molecule has 8 nitrogen and oxygen atoms in total. The van der Waals surface area contributed by atoms with Crippen molar-refractivity contribution in [2.24, 2.45) is 0 Å². The third-order valence-electron chi connectivity index (χ3n) is 4.74. The van der Waals surface area contributed by atoms with Gasteiger partial charge in [0.25, 0.3) is 5.91 Å². The lowest BCUT2D eigenvalue weighted by Gasteiger charge is -2.18. The molecule has 10 heteroatoms. The Hall–Kier alpha value is -2.69. The first-order valence-electron chi connectivity index (χ1n) is 10.3. The summed E-state index contributed by atoms with van der Waals surface area (Å²) in [6.07, 6.45) is 0.456. The predicted molar refractivity (Wildman–Crippen MR) is 124 cm³/mol. The molecule has 1 aromatic heterocycles. The zero-order valence-electron chi connectivity index (χ0n) is 18.2. The van der Waals surface area contributed by atoms with Crippen LogP contribution in [-0.4, -0.2) is 47.7 Å². The maximum atomic E-state index is 12.6. The van der Waals surface area contributed by atoms with Gasteiger partial charge in [0.1, 0.15) is 0 Å². The predicted octanol–water partition coefficient (Wildman–Crippen LogP) is 4.06. The fourth-order valence-electron chi connectivity index (χ4n) is 3.08. The highest BCUT2D eigenvalue weighted by atomic mass is 32.2. The van der Waals surface area contributed by atoms with Gasteiger partial charge in [-0.25, -0.2) is 8.42 Å². The van der Waals surface area contributed by atoms with Crippen molar-refractivity contribution in [1.82, 2.24) is 14.5 Å². The number of anilines is 1. The molecule has 3 rings (SSSR count). The van der Waals surface area contributed by atoms with Crippen molar-refractivity contribution in [3.8, 4) is 0 Å². The van der Waals surface area contributed by atoms with E-state index in [1.807, 2.05) is 24.3 Å². The lowest BCUT2D eigenvalue weighted by Crippen LogP contribution is -2.30. The molecule has 1 heterocycles. The Labute approximate surface area is 192 Å². The summed E-state index contributed by atoms with van der Waals surface area (Å²) in [4.78, 5) is 13.8. The summed E-state index contributed by atoms with van der Waals surface area (Å²) in [5.74, 6) is 0.936. The zero-order chi connectivity index (χ0) is 23.1. The molecule has 2 aromatic carbocycles. The summed E-state index contributed by atoms with van der Waals surface area (Å²) >= 11 is 1.77. The van der Waals surface area contributed by atoms with Gasteiger partial charge >= 0.3 is 6.01 Å². The molecule has 32 heavy (non-hydrogen) atoms. The number of amides is 1. The molecule has 170 valence electrons. The average molecular weight is 475 g/mol. The summed E-state index contributed by atoms with van der Waals surface area (Å²) in [6, 6.07) is 13.9. The zero-order valence-corrected chi connectivity index (χ0v) is 19.9. The van der Waals surface area contributed by atoms with Crippen LogP contribution in [0.4, 0.5) is 6.01 Å². The van der Waals surface area contributed by atoms with Gasteiger partial charge in [0, 0.05) is 23.5 Å². The summed E-state index contributed by atoms with van der Waals surface area (Å²) in [7, 11) is -3.58. The molecule has 0 unspecified atom stereocenters. The van der Waals surface area contributed by atoms with E-state index in [0.717, 1.165) is 11.3 Å². The summed E-state index contributed by atoms with van der Waals surface area (Å²) in [5.41, 5.74) is 1.31. The Bertz CT molecular complexity index is 1140. The summed E-state index contributed by atoms with van der Waals surface area (Å²) < 4.78 is 32.0. The third-order valence-corrected chi connectivity index (χ3v) is 7.70. The highest BCUT2D eigenvalue weighted by Gasteiger charge is 2.22. The fraction of sp³-hybridized carbons (Fsp3) is 0.318. The van der Waals surface area contributed by atoms with E-state index in [0.29, 0.717) is 25.4 Å². The van der Waals surface area contributed by atoms with Crippen LogP contribution in [0.3, 0.4) is 0 Å². The van der Waals surface area contributed by atoms with Gasteiger partial charge < -0.3 is 4.42 Å². The lowest BCUT2D eigenvalue weighted by atomic mass is 10.1. The van der Waals surface area contributed by atoms with Gasteiger partial charge in [-0.05, 0) is 47.7 Å². The van der Waals surface area contributed by atoms with Crippen molar-refractivity contribution in [2.75, 3.05) is 24.2 Å². The van der Waals surface area contributed by atoms with Gasteiger partial charge in [-0.1, -0.05) is 38.0 Å². The summed E-state index contributed by atoms with van der Waals surface area (Å²) in [5, 5.41) is 10.4. The number of carbonyl (C=O) groups excluding carboxylic acids is 1. The third kappa shape index (κ3) is 5.76. The molecule has 0 saturated carbocycles. The van der Waals surface area contributed by atoms with Crippen LogP contribution in [0, 0.1) is 0 Å². The molecule has 0 aliphatic heterocycles. The molecule has 0 atom stereocenters. The minimum Gasteiger partial charge on any atom is -0.407 e. The Kier molecular flexibility index (Phi) is 8.05. The monoisotopic (exact) mass is 474 g/mol. The van der Waals surface area contributed by atoms with Crippen LogP contribution >= 0.6 is 11.8 Å². The molecule has 0 saturated heterocycles. The maximum absolute atomic E-state index is 12.6. The smallest absolute Gasteiger partial charge is 0.322 e. The number of aromatic nitrogens is 2. The van der Waals surface area contributed by atoms with Crippen molar-refractivity contribution in [2.45, 2.75) is 37.0 Å². The summed E-state index contributed by atoms with van der Waals surface area (Å²) in [6.45, 7) is 6.42. The highest BCUT2D eigenvalue weighted by Crippen LogP contribution is 2.20. The molecule has 1 amide bonds. The first-order valence-corrected chi connectivity index (χ1v) is 12.8. The number of benzene rings is 2. The van der Waals surface area contributed by atoms with Gasteiger partial charge in [-0.3, -0.25) is 10.1 Å². The highest BCUT2D eigenvalue weighted by molar-refractivity contribution is 7.99. The van der Waals surface area contributed by atoms with E-state index in [2.05, 4.69) is 22.4 Å². The number of sulfonamides is 1. The fourth-order valence-corrected chi connectivity index (χ4v) is 5.20. The molecule has 1 N–H and O–H groups in total. The van der Waals surface area contributed by atoms with Crippen LogP contribution in [-0.2, 0) is 16.4 Å². The SMILES string of the molecule is CCSc1ccc(Cc2nnc(NC(=O)c3ccc(S(=O)(=O)N(CC)CC)cc3)o2)cc1. The van der Waals surface area contributed by atoms with E-state index >= 15 is 0 Å². The number of hydrogen-bond acceptors (Lipinski definition) is 7. The molecule has 0 radical (unpaired) electrons. The average Bonchev–Trinajstić information content (AvgIpc) is 3.22. The van der Waals surface area contributed by atoms with E-state index < -0.39 is 15.9 Å². The van der Waals surface area contributed by atoms with Crippen molar-refractivity contribution in [3.05, 3.63) is 65.5 Å². The normalized spacial score (nSPS) is 11.6. The largest absolute Gasteiger partial charge is 0.407 e. The van der Waals surface area contributed by atoms with Crippen molar-refractivity contribution in [1.29, 1.82) is 0 Å². The van der Waals surface area contributed by atoms with Crippen LogP contribution in [0.15, 0.2) is 62.7 Å². The molecule has 0 aliphatic rings. The minimum atomic E-state index is -3.58. The quantitative estimate of drug-likeness (QED) is 0.442. The van der Waals surface area contributed by atoms with E-state index in [4.69, 9.17) is 4.42 Å². The van der Waals surface area contributed by atoms with Crippen LogP contribution in [0.2, 0.25) is 0 Å². The number of nitrogens with zero attached hydrogens (tertiary/aromatic N) is 3. The maximum Gasteiger partial charge on any atom is 0.322 e. The number of carbonyl (C=O) groups is 1. The molecular formula is C22H26N4O4S2. The first kappa shape index (κ1) is 24.0. The van der Waals surface area contributed by atoms with Crippen molar-refractivity contribution >= 4 is 33.7 Å². The minimum absolute atomic E-state index is 0.0111. The number of rotatable bonds is 10. The Balaban J connectivity index is 1.63. The van der Waals surface area contributed by atoms with E-state index in [1.54, 1.807) is 25.6 Å². The van der Waals surface area contributed by atoms with Gasteiger partial charge in [0.15, 0.2) is 0 Å². The second-order valence-corrected chi connectivity index (χ2v) is 10.1. The van der Waals surface area contributed by atoms with E-state index in [9.17, 15) is 13.2 Å². The topological polar surface area (TPSA) is 105 Å². The van der Waals surface area contributed by atoms with Gasteiger partial charge in [-0.15, -0.1) is 16.9 Å². The van der Waals surface area contributed by atoms with Crippen molar-refractivity contribution < 1.29 is 17.6 Å². The number of thioether (sulfide) groups is 1. The molecule has 0 bridgehead atoms. The lowest BCUT2D eigenvalue weighted by molar-refractivity contribution is 0.102. The van der Waals surface area contributed by atoms with Crippen LogP contribution in [0.25, 0.3) is 0 Å². The van der Waals surface area contributed by atoms with E-state index in [-0.39, 0.29) is 16.5 Å². The van der Waals surface area contributed by atoms with Gasteiger partial charge in [0.2, 0.25) is 15.9 Å². The van der Waals surface area contributed by atoms with Crippen LogP contribution < -0.4 is 5.32 Å². The number of nitrogens with one attached hydrogen (secondary N) is 1. The van der Waals surface area contributed by atoms with Gasteiger partial charge in [0.05, 0.1) is 11.3 Å². The second kappa shape index (κ2) is 10.8. The molecular weight excluding hydrogens is 448 g/mol. The molecule has 0 aliphatic carbocycles. The van der Waals surface area contributed by atoms with Crippen LogP contribution in [0.1, 0.15) is 42.6 Å². The van der Waals surface area contributed by atoms with Crippen molar-refractivity contribution in [3.63, 3.8) is 0 Å². The second-order valence-electron chi connectivity index (χ2n) is 6.82. The van der Waals surface area contributed by atoms with Crippen LogP contribution in [0.5, 0.6) is 0 Å². The Morgan fingerprint density at radius 1 is 1.00 bits per heavy atom. The Morgan fingerprint density at radius 3 is 2.25 bits per heavy atom. The first-order chi connectivity index (χ1) is 15.4. The Morgan fingerprint density at radius 2 is 1.66 bits per heavy atom. The molecule has 0 fully saturated rings. The number of hydrogen-bond donors (Lipinski definition) is 1.